The van der Waals surface area contributed by atoms with E-state index < -0.39 is 15.9 Å². The van der Waals surface area contributed by atoms with Gasteiger partial charge < -0.3 is 14.8 Å². The van der Waals surface area contributed by atoms with Gasteiger partial charge in [0.1, 0.15) is 16.5 Å². The number of sulfonamides is 1. The lowest BCUT2D eigenvalue weighted by Gasteiger charge is -2.35. The minimum Gasteiger partial charge on any atom is -0.495 e. The maximum absolute atomic E-state index is 13.4. The molecule has 1 fully saturated rings. The number of carbonyl (C=O) groups excluding carboxylic acids is 1. The van der Waals surface area contributed by atoms with Gasteiger partial charge in [-0.2, -0.15) is 0 Å². The molecule has 1 saturated heterocycles. The van der Waals surface area contributed by atoms with Crippen molar-refractivity contribution < 1.29 is 27.1 Å². The van der Waals surface area contributed by atoms with Gasteiger partial charge in [-0.05, 0) is 35.9 Å². The van der Waals surface area contributed by atoms with Gasteiger partial charge in [-0.1, -0.05) is 12.1 Å². The third-order valence-electron chi connectivity index (χ3n) is 5.38. The average Bonchev–Trinajstić information content (AvgIpc) is 2.80. The zero-order valence-corrected chi connectivity index (χ0v) is 19.2. The molecule has 0 spiro atoms. The fraction of sp³-hybridized carbons (Fsp3) is 0.409. The van der Waals surface area contributed by atoms with Gasteiger partial charge in [-0.15, -0.1) is 0 Å². The molecule has 0 bridgehead atoms. The summed E-state index contributed by atoms with van der Waals surface area (Å²) in [6.45, 7) is 2.80. The number of halogens is 1. The first kappa shape index (κ1) is 24.1. The first-order chi connectivity index (χ1) is 15.2. The van der Waals surface area contributed by atoms with Crippen molar-refractivity contribution in [3.05, 3.63) is 59.4 Å². The van der Waals surface area contributed by atoms with Crippen molar-refractivity contribution in [2.24, 2.45) is 0 Å². The zero-order chi connectivity index (χ0) is 23.3. The SMILES string of the molecule is COc1ccc(C(=O)NCC(c2ccc(F)cc2)N2CCOCC2)cc1S(=O)(=O)N(C)C. The second kappa shape index (κ2) is 10.4. The topological polar surface area (TPSA) is 88.2 Å². The molecule has 1 atom stereocenters. The van der Waals surface area contributed by atoms with E-state index in [0.717, 1.165) is 9.87 Å². The van der Waals surface area contributed by atoms with E-state index in [1.54, 1.807) is 12.1 Å². The van der Waals surface area contributed by atoms with Crippen LogP contribution in [0.1, 0.15) is 22.0 Å². The number of ether oxygens (including phenoxy) is 2. The maximum Gasteiger partial charge on any atom is 0.251 e. The number of carbonyl (C=O) groups is 1. The van der Waals surface area contributed by atoms with Crippen LogP contribution in [0.15, 0.2) is 47.4 Å². The Morgan fingerprint density at radius 1 is 1.19 bits per heavy atom. The predicted octanol–water partition coefficient (Wildman–Crippen LogP) is 1.89. The Bertz CT molecular complexity index is 1040. The normalized spacial score (nSPS) is 16.0. The fourth-order valence-corrected chi connectivity index (χ4v) is 4.61. The molecular formula is C22H28FN3O5S. The van der Waals surface area contributed by atoms with E-state index >= 15 is 0 Å². The number of methoxy groups -OCH3 is 1. The number of morpholine rings is 1. The van der Waals surface area contributed by atoms with E-state index in [9.17, 15) is 17.6 Å². The first-order valence-corrected chi connectivity index (χ1v) is 11.6. The lowest BCUT2D eigenvalue weighted by molar-refractivity contribution is 0.0162. The Labute approximate surface area is 188 Å². The molecule has 1 aliphatic rings. The quantitative estimate of drug-likeness (QED) is 0.641. The van der Waals surface area contributed by atoms with Crippen molar-refractivity contribution in [1.29, 1.82) is 0 Å². The molecule has 174 valence electrons. The second-order valence-electron chi connectivity index (χ2n) is 7.58. The molecule has 2 aromatic carbocycles. The zero-order valence-electron chi connectivity index (χ0n) is 18.4. The molecule has 1 aliphatic heterocycles. The van der Waals surface area contributed by atoms with Crippen LogP contribution in [0, 0.1) is 5.82 Å². The van der Waals surface area contributed by atoms with Crippen LogP contribution in [0.4, 0.5) is 4.39 Å². The molecule has 0 aliphatic carbocycles. The molecule has 1 unspecified atom stereocenters. The molecule has 0 saturated carbocycles. The number of nitrogens with zero attached hydrogens (tertiary/aromatic N) is 2. The minimum absolute atomic E-state index is 0.0825. The van der Waals surface area contributed by atoms with Gasteiger partial charge in [0.25, 0.3) is 5.91 Å². The molecule has 0 aromatic heterocycles. The Kier molecular flexibility index (Phi) is 7.83. The van der Waals surface area contributed by atoms with Crippen LogP contribution >= 0.6 is 0 Å². The van der Waals surface area contributed by atoms with Gasteiger partial charge in [0.05, 0.1) is 26.4 Å². The molecule has 1 N–H and O–H groups in total. The van der Waals surface area contributed by atoms with Crippen LogP contribution in [-0.4, -0.2) is 77.6 Å². The van der Waals surface area contributed by atoms with Crippen molar-refractivity contribution in [3.63, 3.8) is 0 Å². The van der Waals surface area contributed by atoms with E-state index in [-0.39, 0.29) is 34.6 Å². The Balaban J connectivity index is 1.82. The van der Waals surface area contributed by atoms with Crippen molar-refractivity contribution in [2.75, 3.05) is 54.1 Å². The van der Waals surface area contributed by atoms with Crippen molar-refractivity contribution in [2.45, 2.75) is 10.9 Å². The van der Waals surface area contributed by atoms with Crippen LogP contribution in [0.3, 0.4) is 0 Å². The predicted molar refractivity (Wildman–Crippen MR) is 118 cm³/mol. The number of benzene rings is 2. The van der Waals surface area contributed by atoms with Gasteiger partial charge in [0.15, 0.2) is 0 Å². The summed E-state index contributed by atoms with van der Waals surface area (Å²) in [5.41, 5.74) is 1.07. The molecular weight excluding hydrogens is 437 g/mol. The van der Waals surface area contributed by atoms with Gasteiger partial charge in [-0.3, -0.25) is 9.69 Å². The fourth-order valence-electron chi connectivity index (χ4n) is 3.54. The maximum atomic E-state index is 13.4. The van der Waals surface area contributed by atoms with Gasteiger partial charge in [0.2, 0.25) is 10.0 Å². The average molecular weight is 466 g/mol. The first-order valence-electron chi connectivity index (χ1n) is 10.2. The summed E-state index contributed by atoms with van der Waals surface area (Å²) in [7, 11) is 0.402. The molecule has 1 heterocycles. The van der Waals surface area contributed by atoms with Crippen LogP contribution in [0.25, 0.3) is 0 Å². The van der Waals surface area contributed by atoms with Gasteiger partial charge in [0, 0.05) is 39.3 Å². The summed E-state index contributed by atoms with van der Waals surface area (Å²) in [6.07, 6.45) is 0. The van der Waals surface area contributed by atoms with E-state index in [1.165, 1.54) is 51.5 Å². The van der Waals surface area contributed by atoms with Crippen LogP contribution in [0.5, 0.6) is 5.75 Å². The number of hydrogen-bond acceptors (Lipinski definition) is 6. The molecule has 32 heavy (non-hydrogen) atoms. The Morgan fingerprint density at radius 3 is 2.44 bits per heavy atom. The largest absolute Gasteiger partial charge is 0.495 e. The molecule has 10 heteroatoms. The highest BCUT2D eigenvalue weighted by atomic mass is 32.2. The summed E-state index contributed by atoms with van der Waals surface area (Å²) in [5, 5.41) is 2.89. The highest BCUT2D eigenvalue weighted by Crippen LogP contribution is 2.27. The summed E-state index contributed by atoms with van der Waals surface area (Å²) >= 11 is 0. The van der Waals surface area contributed by atoms with Gasteiger partial charge in [-0.25, -0.2) is 17.1 Å². The Hall–Kier alpha value is -2.53. The van der Waals surface area contributed by atoms with Crippen molar-refractivity contribution in [3.8, 4) is 5.75 Å². The monoisotopic (exact) mass is 465 g/mol. The van der Waals surface area contributed by atoms with E-state index in [2.05, 4.69) is 10.2 Å². The third-order valence-corrected chi connectivity index (χ3v) is 7.22. The molecule has 1 amide bonds. The molecule has 3 rings (SSSR count). The number of rotatable bonds is 8. The second-order valence-corrected chi connectivity index (χ2v) is 9.70. The number of hydrogen-bond donors (Lipinski definition) is 1. The van der Waals surface area contributed by atoms with E-state index in [0.29, 0.717) is 26.3 Å². The van der Waals surface area contributed by atoms with E-state index in [4.69, 9.17) is 9.47 Å². The molecule has 2 aromatic rings. The highest BCUT2D eigenvalue weighted by Gasteiger charge is 2.26. The third kappa shape index (κ3) is 5.44. The van der Waals surface area contributed by atoms with E-state index in [1.807, 2.05) is 0 Å². The van der Waals surface area contributed by atoms with Crippen LogP contribution < -0.4 is 10.1 Å². The summed E-state index contributed by atoms with van der Waals surface area (Å²) in [6, 6.07) is 10.3. The highest BCUT2D eigenvalue weighted by molar-refractivity contribution is 7.89. The van der Waals surface area contributed by atoms with Crippen molar-refractivity contribution >= 4 is 15.9 Å². The standard InChI is InChI=1S/C22H28FN3O5S/c1-25(2)32(28,29)21-14-17(6-9-20(21)30-3)22(27)24-15-19(26-10-12-31-13-11-26)16-4-7-18(23)8-5-16/h4-9,14,19H,10-13,15H2,1-3H3,(H,24,27). The number of nitrogens with one attached hydrogen (secondary N) is 1. The smallest absolute Gasteiger partial charge is 0.251 e. The summed E-state index contributed by atoms with van der Waals surface area (Å²) < 4.78 is 50.4. The van der Waals surface area contributed by atoms with Crippen LogP contribution in [-0.2, 0) is 14.8 Å². The number of amides is 1. The minimum atomic E-state index is -3.80. The summed E-state index contributed by atoms with van der Waals surface area (Å²) in [4.78, 5) is 15.0. The Morgan fingerprint density at radius 2 is 1.84 bits per heavy atom. The summed E-state index contributed by atoms with van der Waals surface area (Å²) in [5.74, 6) is -0.581. The molecule has 0 radical (unpaired) electrons. The lowest BCUT2D eigenvalue weighted by Crippen LogP contribution is -2.43. The van der Waals surface area contributed by atoms with Gasteiger partial charge >= 0.3 is 0 Å². The molecule has 8 nitrogen and oxygen atoms in total. The lowest BCUT2D eigenvalue weighted by atomic mass is 10.0. The van der Waals surface area contributed by atoms with Crippen molar-refractivity contribution in [1.82, 2.24) is 14.5 Å². The van der Waals surface area contributed by atoms with Crippen LogP contribution in [0.2, 0.25) is 0 Å².